The van der Waals surface area contributed by atoms with Crippen LogP contribution in [-0.2, 0) is 14.3 Å². The molecule has 0 aliphatic carbocycles. The Kier molecular flexibility index (Phi) is 6.74. The number of nitro benzene ring substituents is 1. The number of carbonyl (C=O) groups excluding carboxylic acids is 2. The van der Waals surface area contributed by atoms with E-state index in [0.717, 1.165) is 22.9 Å². The van der Waals surface area contributed by atoms with Crippen molar-refractivity contribution >= 4 is 35.0 Å². The zero-order chi connectivity index (χ0) is 19.1. The molecule has 2 aromatic carbocycles. The number of aryl methyl sites for hydroxylation is 1. The van der Waals surface area contributed by atoms with Crippen molar-refractivity contribution in [2.24, 2.45) is 0 Å². The average molecular weight is 374 g/mol. The molecule has 26 heavy (non-hydrogen) atoms. The summed E-state index contributed by atoms with van der Waals surface area (Å²) in [5.74, 6) is -1.19. The van der Waals surface area contributed by atoms with E-state index in [1.807, 2.05) is 26.0 Å². The van der Waals surface area contributed by atoms with Crippen LogP contribution in [0.4, 0.5) is 11.4 Å². The van der Waals surface area contributed by atoms with E-state index in [1.165, 1.54) is 6.07 Å². The Labute approximate surface area is 154 Å². The molecule has 2 rings (SSSR count). The summed E-state index contributed by atoms with van der Waals surface area (Å²) in [7, 11) is 0. The van der Waals surface area contributed by atoms with Gasteiger partial charge in [-0.1, -0.05) is 24.3 Å². The van der Waals surface area contributed by atoms with Crippen LogP contribution in [0.2, 0.25) is 0 Å². The standard InChI is InChI=1S/C18H18N2O5S/c1-12-6-5-7-14(13(12)2)19-17(21)10-25-18(22)11-26-16-9-4-3-8-15(16)20(23)24/h3-9H,10-11H2,1-2H3,(H,19,21). The Morgan fingerprint density at radius 1 is 1.15 bits per heavy atom. The number of hydrogen-bond donors (Lipinski definition) is 1. The molecule has 0 unspecified atom stereocenters. The van der Waals surface area contributed by atoms with Gasteiger partial charge in [-0.3, -0.25) is 19.7 Å². The molecule has 136 valence electrons. The van der Waals surface area contributed by atoms with Crippen molar-refractivity contribution in [3.05, 3.63) is 63.7 Å². The molecule has 0 atom stereocenters. The fraction of sp³-hybridized carbons (Fsp3) is 0.222. The molecule has 0 aliphatic heterocycles. The summed E-state index contributed by atoms with van der Waals surface area (Å²) in [5, 5.41) is 13.6. The van der Waals surface area contributed by atoms with Crippen molar-refractivity contribution in [3.8, 4) is 0 Å². The van der Waals surface area contributed by atoms with E-state index in [9.17, 15) is 19.7 Å². The molecule has 8 heteroatoms. The van der Waals surface area contributed by atoms with E-state index in [4.69, 9.17) is 4.74 Å². The number of anilines is 1. The molecule has 0 bridgehead atoms. The average Bonchev–Trinajstić information content (AvgIpc) is 2.62. The van der Waals surface area contributed by atoms with Crippen molar-refractivity contribution in [1.82, 2.24) is 0 Å². The van der Waals surface area contributed by atoms with Crippen molar-refractivity contribution in [2.75, 3.05) is 17.7 Å². The Bertz CT molecular complexity index is 838. The maximum atomic E-state index is 11.9. The Balaban J connectivity index is 1.83. The summed E-state index contributed by atoms with van der Waals surface area (Å²) in [6.07, 6.45) is 0. The molecule has 2 aromatic rings. The third-order valence-electron chi connectivity index (χ3n) is 3.65. The topological polar surface area (TPSA) is 98.5 Å². The Morgan fingerprint density at radius 3 is 2.62 bits per heavy atom. The second-order valence-electron chi connectivity index (χ2n) is 5.47. The summed E-state index contributed by atoms with van der Waals surface area (Å²) in [5.41, 5.74) is 2.58. The number of para-hydroxylation sites is 1. The number of nitro groups is 1. The second kappa shape index (κ2) is 9.00. The fourth-order valence-corrected chi connectivity index (χ4v) is 2.95. The molecule has 0 aliphatic rings. The number of benzene rings is 2. The van der Waals surface area contributed by atoms with Gasteiger partial charge in [0, 0.05) is 11.8 Å². The van der Waals surface area contributed by atoms with E-state index in [1.54, 1.807) is 24.3 Å². The van der Waals surface area contributed by atoms with Crippen LogP contribution in [0.1, 0.15) is 11.1 Å². The van der Waals surface area contributed by atoms with Crippen molar-refractivity contribution < 1.29 is 19.2 Å². The van der Waals surface area contributed by atoms with Crippen LogP contribution < -0.4 is 5.32 Å². The lowest BCUT2D eigenvalue weighted by molar-refractivity contribution is -0.387. The number of ether oxygens (including phenoxy) is 1. The molecule has 0 saturated carbocycles. The first-order valence-corrected chi connectivity index (χ1v) is 8.75. The zero-order valence-corrected chi connectivity index (χ0v) is 15.2. The van der Waals surface area contributed by atoms with E-state index in [2.05, 4.69) is 5.32 Å². The molecule has 0 fully saturated rings. The molecule has 0 saturated heterocycles. The lowest BCUT2D eigenvalue weighted by atomic mass is 10.1. The van der Waals surface area contributed by atoms with Crippen LogP contribution in [-0.4, -0.2) is 29.2 Å². The zero-order valence-electron chi connectivity index (χ0n) is 14.4. The number of esters is 1. The number of hydrogen-bond acceptors (Lipinski definition) is 6. The monoisotopic (exact) mass is 374 g/mol. The maximum Gasteiger partial charge on any atom is 0.316 e. The lowest BCUT2D eigenvalue weighted by Gasteiger charge is -2.10. The van der Waals surface area contributed by atoms with Gasteiger partial charge in [0.2, 0.25) is 0 Å². The van der Waals surface area contributed by atoms with Crippen LogP contribution in [0.5, 0.6) is 0 Å². The van der Waals surface area contributed by atoms with Crippen LogP contribution in [0, 0.1) is 24.0 Å². The normalized spacial score (nSPS) is 10.2. The molecule has 0 spiro atoms. The van der Waals surface area contributed by atoms with Crippen LogP contribution in [0.15, 0.2) is 47.4 Å². The molecular weight excluding hydrogens is 356 g/mol. The predicted molar refractivity (Wildman–Crippen MR) is 99.3 cm³/mol. The van der Waals surface area contributed by atoms with Crippen LogP contribution in [0.25, 0.3) is 0 Å². The Hall–Kier alpha value is -2.87. The molecule has 0 heterocycles. The van der Waals surface area contributed by atoms with Gasteiger partial charge in [-0.2, -0.15) is 0 Å². The van der Waals surface area contributed by atoms with Crippen LogP contribution >= 0.6 is 11.8 Å². The van der Waals surface area contributed by atoms with Gasteiger partial charge in [-0.25, -0.2) is 0 Å². The van der Waals surface area contributed by atoms with E-state index in [0.29, 0.717) is 10.6 Å². The highest BCUT2D eigenvalue weighted by atomic mass is 32.2. The lowest BCUT2D eigenvalue weighted by Crippen LogP contribution is -2.22. The Morgan fingerprint density at radius 2 is 1.88 bits per heavy atom. The molecular formula is C18H18N2O5S. The van der Waals surface area contributed by atoms with Crippen molar-refractivity contribution in [3.63, 3.8) is 0 Å². The highest BCUT2D eigenvalue weighted by Crippen LogP contribution is 2.28. The minimum atomic E-state index is -0.621. The van der Waals surface area contributed by atoms with E-state index >= 15 is 0 Å². The highest BCUT2D eigenvalue weighted by molar-refractivity contribution is 8.00. The maximum absolute atomic E-state index is 11.9. The van der Waals surface area contributed by atoms with Gasteiger partial charge in [0.05, 0.1) is 15.6 Å². The molecule has 0 aromatic heterocycles. The summed E-state index contributed by atoms with van der Waals surface area (Å²) in [6.45, 7) is 3.41. The summed E-state index contributed by atoms with van der Waals surface area (Å²) < 4.78 is 4.93. The quantitative estimate of drug-likeness (QED) is 0.345. The number of thioether (sulfide) groups is 1. The predicted octanol–water partition coefficient (Wildman–Crippen LogP) is 3.49. The third kappa shape index (κ3) is 5.32. The number of rotatable bonds is 7. The summed E-state index contributed by atoms with van der Waals surface area (Å²) >= 11 is 0.996. The minimum Gasteiger partial charge on any atom is -0.455 e. The van der Waals surface area contributed by atoms with Gasteiger partial charge in [0.15, 0.2) is 6.61 Å². The molecule has 7 nitrogen and oxygen atoms in total. The second-order valence-corrected chi connectivity index (χ2v) is 6.49. The van der Waals surface area contributed by atoms with Gasteiger partial charge >= 0.3 is 5.97 Å². The summed E-state index contributed by atoms with van der Waals surface area (Å²) in [6, 6.07) is 11.7. The van der Waals surface area contributed by atoms with Gasteiger partial charge in [0.25, 0.3) is 11.6 Å². The first kappa shape index (κ1) is 19.5. The van der Waals surface area contributed by atoms with Crippen LogP contribution in [0.3, 0.4) is 0 Å². The third-order valence-corrected chi connectivity index (χ3v) is 4.69. The largest absolute Gasteiger partial charge is 0.455 e. The van der Waals surface area contributed by atoms with E-state index in [-0.39, 0.29) is 11.4 Å². The number of nitrogens with zero attached hydrogens (tertiary/aromatic N) is 1. The van der Waals surface area contributed by atoms with Gasteiger partial charge in [0.1, 0.15) is 0 Å². The minimum absolute atomic E-state index is 0.0713. The molecule has 1 N–H and O–H groups in total. The van der Waals surface area contributed by atoms with Gasteiger partial charge in [-0.05, 0) is 37.1 Å². The summed E-state index contributed by atoms with van der Waals surface area (Å²) in [4.78, 5) is 34.5. The fourth-order valence-electron chi connectivity index (χ4n) is 2.13. The smallest absolute Gasteiger partial charge is 0.316 e. The van der Waals surface area contributed by atoms with Crippen molar-refractivity contribution in [1.29, 1.82) is 0 Å². The molecule has 0 radical (unpaired) electrons. The molecule has 1 amide bonds. The first-order chi connectivity index (χ1) is 12.4. The first-order valence-electron chi connectivity index (χ1n) is 7.76. The van der Waals surface area contributed by atoms with Gasteiger partial charge < -0.3 is 10.1 Å². The van der Waals surface area contributed by atoms with Gasteiger partial charge in [-0.15, -0.1) is 11.8 Å². The number of amides is 1. The highest BCUT2D eigenvalue weighted by Gasteiger charge is 2.15. The van der Waals surface area contributed by atoms with Crippen molar-refractivity contribution in [2.45, 2.75) is 18.7 Å². The number of carbonyl (C=O) groups is 2. The SMILES string of the molecule is Cc1cccc(NC(=O)COC(=O)CSc2ccccc2[N+](=O)[O-])c1C. The number of nitrogens with one attached hydrogen (secondary N) is 1. The van der Waals surface area contributed by atoms with E-state index < -0.39 is 23.4 Å².